The van der Waals surface area contributed by atoms with Gasteiger partial charge in [-0.3, -0.25) is 0 Å². The van der Waals surface area contributed by atoms with E-state index in [2.05, 4.69) is 22.2 Å². The van der Waals surface area contributed by atoms with Crippen molar-refractivity contribution in [2.75, 3.05) is 38.6 Å². The number of benzene rings is 1. The molecule has 1 N–H and O–H groups in total. The van der Waals surface area contributed by atoms with Crippen molar-refractivity contribution in [3.8, 4) is 0 Å². The van der Waals surface area contributed by atoms with Gasteiger partial charge in [-0.05, 0) is 56.5 Å². The molecule has 1 aromatic rings. The Morgan fingerprint density at radius 3 is 2.76 bits per heavy atom. The Kier molecular flexibility index (Phi) is 4.45. The van der Waals surface area contributed by atoms with Crippen molar-refractivity contribution in [1.82, 2.24) is 10.2 Å². The molecule has 1 aromatic carbocycles. The van der Waals surface area contributed by atoms with Gasteiger partial charge in [0.25, 0.3) is 0 Å². The van der Waals surface area contributed by atoms with Gasteiger partial charge in [-0.1, -0.05) is 6.07 Å². The highest BCUT2D eigenvalue weighted by Gasteiger charge is 2.22. The van der Waals surface area contributed by atoms with Gasteiger partial charge in [0, 0.05) is 32.7 Å². The van der Waals surface area contributed by atoms with Gasteiger partial charge in [0.15, 0.2) is 0 Å². The zero-order chi connectivity index (χ0) is 14.8. The van der Waals surface area contributed by atoms with Crippen LogP contribution in [0.15, 0.2) is 18.2 Å². The van der Waals surface area contributed by atoms with E-state index in [0.717, 1.165) is 37.4 Å². The van der Waals surface area contributed by atoms with Crippen LogP contribution in [0.3, 0.4) is 0 Å². The predicted molar refractivity (Wildman–Crippen MR) is 85.1 cm³/mol. The summed E-state index contributed by atoms with van der Waals surface area (Å²) in [5.41, 5.74) is 1.76. The molecule has 0 aromatic heterocycles. The Balaban J connectivity index is 1.58. The lowest BCUT2D eigenvalue weighted by Gasteiger charge is -2.24. The molecule has 21 heavy (non-hydrogen) atoms. The predicted octanol–water partition coefficient (Wildman–Crippen LogP) is 2.47. The van der Waals surface area contributed by atoms with Crippen LogP contribution in [-0.4, -0.2) is 44.7 Å². The fourth-order valence-corrected chi connectivity index (χ4v) is 3.18. The Morgan fingerprint density at radius 2 is 2.14 bits per heavy atom. The molecule has 1 saturated heterocycles. The third kappa shape index (κ3) is 3.95. The van der Waals surface area contributed by atoms with Crippen molar-refractivity contribution in [2.45, 2.75) is 31.8 Å². The largest absolute Gasteiger partial charge is 0.372 e. The van der Waals surface area contributed by atoms with E-state index in [1.165, 1.54) is 19.3 Å². The van der Waals surface area contributed by atoms with Crippen LogP contribution in [0.25, 0.3) is 0 Å². The maximum absolute atomic E-state index is 14.3. The van der Waals surface area contributed by atoms with Crippen LogP contribution < -0.4 is 10.2 Å². The smallest absolute Gasteiger partial charge is 0.146 e. The number of halogens is 1. The number of hydrogen-bond donors (Lipinski definition) is 1. The summed E-state index contributed by atoms with van der Waals surface area (Å²) in [6.45, 7) is 3.99. The minimum atomic E-state index is -0.0982. The van der Waals surface area contributed by atoms with E-state index in [0.29, 0.717) is 12.0 Å². The average molecular weight is 291 g/mol. The molecule has 0 amide bonds. The lowest BCUT2D eigenvalue weighted by Crippen LogP contribution is -2.28. The third-order valence-corrected chi connectivity index (χ3v) is 4.62. The summed E-state index contributed by atoms with van der Waals surface area (Å²) < 4.78 is 14.3. The van der Waals surface area contributed by atoms with Crippen molar-refractivity contribution in [3.05, 3.63) is 29.6 Å². The Morgan fingerprint density at radius 1 is 1.33 bits per heavy atom. The van der Waals surface area contributed by atoms with Crippen LogP contribution in [0.2, 0.25) is 0 Å². The molecule has 1 aliphatic heterocycles. The van der Waals surface area contributed by atoms with Crippen molar-refractivity contribution in [2.24, 2.45) is 5.92 Å². The van der Waals surface area contributed by atoms with E-state index in [1.54, 1.807) is 6.07 Å². The SMILES string of the molecule is CN1CCC(CN(C)c2ccc(CNC3CC3)cc2F)C1. The second kappa shape index (κ2) is 6.32. The van der Waals surface area contributed by atoms with Crippen LogP contribution in [0.1, 0.15) is 24.8 Å². The van der Waals surface area contributed by atoms with Gasteiger partial charge in [-0.25, -0.2) is 4.39 Å². The number of hydrogen-bond acceptors (Lipinski definition) is 3. The first-order valence-corrected chi connectivity index (χ1v) is 8.03. The monoisotopic (exact) mass is 291 g/mol. The molecule has 1 unspecified atom stereocenters. The minimum Gasteiger partial charge on any atom is -0.372 e. The molecule has 3 rings (SSSR count). The standard InChI is InChI=1S/C17H26FN3/c1-20-8-7-14(11-20)12-21(2)17-6-3-13(9-16(17)18)10-19-15-4-5-15/h3,6,9,14-15,19H,4-5,7-8,10-12H2,1-2H3. The molecular weight excluding hydrogens is 265 g/mol. The van der Waals surface area contributed by atoms with E-state index in [1.807, 2.05) is 19.2 Å². The van der Waals surface area contributed by atoms with Gasteiger partial charge >= 0.3 is 0 Å². The Hall–Kier alpha value is -1.13. The highest BCUT2D eigenvalue weighted by molar-refractivity contribution is 5.48. The van der Waals surface area contributed by atoms with Gasteiger partial charge in [0.2, 0.25) is 0 Å². The number of nitrogens with one attached hydrogen (secondary N) is 1. The second-order valence-electron chi connectivity index (χ2n) is 6.74. The van der Waals surface area contributed by atoms with Gasteiger partial charge in [-0.15, -0.1) is 0 Å². The van der Waals surface area contributed by atoms with Crippen molar-refractivity contribution >= 4 is 5.69 Å². The summed E-state index contributed by atoms with van der Waals surface area (Å²) in [5, 5.41) is 3.43. The molecule has 0 radical (unpaired) electrons. The van der Waals surface area contributed by atoms with Crippen LogP contribution >= 0.6 is 0 Å². The van der Waals surface area contributed by atoms with Crippen molar-refractivity contribution in [3.63, 3.8) is 0 Å². The maximum atomic E-state index is 14.3. The molecule has 4 heteroatoms. The van der Waals surface area contributed by atoms with Crippen molar-refractivity contribution in [1.29, 1.82) is 0 Å². The Labute approximate surface area is 127 Å². The highest BCUT2D eigenvalue weighted by atomic mass is 19.1. The van der Waals surface area contributed by atoms with Crippen LogP contribution in [-0.2, 0) is 6.54 Å². The summed E-state index contributed by atoms with van der Waals surface area (Å²) >= 11 is 0. The van der Waals surface area contributed by atoms with Gasteiger partial charge in [0.05, 0.1) is 5.69 Å². The first-order valence-electron chi connectivity index (χ1n) is 8.03. The first-order chi connectivity index (χ1) is 10.1. The quantitative estimate of drug-likeness (QED) is 0.868. The second-order valence-corrected chi connectivity index (χ2v) is 6.74. The number of anilines is 1. The topological polar surface area (TPSA) is 18.5 Å². The molecule has 0 spiro atoms. The zero-order valence-corrected chi connectivity index (χ0v) is 13.1. The molecule has 1 saturated carbocycles. The summed E-state index contributed by atoms with van der Waals surface area (Å²) in [6.07, 6.45) is 3.74. The lowest BCUT2D eigenvalue weighted by molar-refractivity contribution is 0.395. The number of rotatable bonds is 6. The van der Waals surface area contributed by atoms with Crippen molar-refractivity contribution < 1.29 is 4.39 Å². The summed E-state index contributed by atoms with van der Waals surface area (Å²) in [4.78, 5) is 4.42. The van der Waals surface area contributed by atoms with E-state index < -0.39 is 0 Å². The van der Waals surface area contributed by atoms with Crippen LogP contribution in [0.5, 0.6) is 0 Å². The van der Waals surface area contributed by atoms with Gasteiger partial charge in [0.1, 0.15) is 5.82 Å². The molecule has 2 aliphatic rings. The molecule has 1 aliphatic carbocycles. The van der Waals surface area contributed by atoms with E-state index >= 15 is 0 Å². The maximum Gasteiger partial charge on any atom is 0.146 e. The summed E-state index contributed by atoms with van der Waals surface area (Å²) in [7, 11) is 4.15. The molecule has 2 fully saturated rings. The molecular formula is C17H26FN3. The van der Waals surface area contributed by atoms with Gasteiger partial charge in [-0.2, -0.15) is 0 Å². The molecule has 116 valence electrons. The molecule has 0 bridgehead atoms. The zero-order valence-electron chi connectivity index (χ0n) is 13.1. The molecule has 3 nitrogen and oxygen atoms in total. The average Bonchev–Trinajstić information content (AvgIpc) is 3.19. The third-order valence-electron chi connectivity index (χ3n) is 4.62. The normalized spacial score (nSPS) is 22.7. The molecule has 1 heterocycles. The van der Waals surface area contributed by atoms with E-state index in [4.69, 9.17) is 0 Å². The summed E-state index contributed by atoms with van der Waals surface area (Å²) in [6, 6.07) is 6.32. The minimum absolute atomic E-state index is 0.0982. The van der Waals surface area contributed by atoms with Crippen LogP contribution in [0, 0.1) is 11.7 Å². The first kappa shape index (κ1) is 14.8. The Bertz CT molecular complexity index is 487. The lowest BCUT2D eigenvalue weighted by atomic mass is 10.1. The number of nitrogens with zero attached hydrogens (tertiary/aromatic N) is 2. The number of likely N-dealkylation sites (tertiary alicyclic amines) is 1. The van der Waals surface area contributed by atoms with Crippen LogP contribution in [0.4, 0.5) is 10.1 Å². The summed E-state index contributed by atoms with van der Waals surface area (Å²) in [5.74, 6) is 0.551. The highest BCUT2D eigenvalue weighted by Crippen LogP contribution is 2.24. The fourth-order valence-electron chi connectivity index (χ4n) is 3.18. The fraction of sp³-hybridized carbons (Fsp3) is 0.647. The van der Waals surface area contributed by atoms with Gasteiger partial charge < -0.3 is 15.1 Å². The molecule has 1 atom stereocenters. The van der Waals surface area contributed by atoms with E-state index in [9.17, 15) is 4.39 Å². The van der Waals surface area contributed by atoms with E-state index in [-0.39, 0.29) is 5.82 Å².